The summed E-state index contributed by atoms with van der Waals surface area (Å²) in [5.74, 6) is 0. The number of hydrogen-bond donors (Lipinski definition) is 0. The normalized spacial score (nSPS) is 18.1. The van der Waals surface area contributed by atoms with Crippen molar-refractivity contribution in [2.45, 2.75) is 14.5 Å². The molecule has 0 aromatic carbocycles. The van der Waals surface area contributed by atoms with Crippen LogP contribution in [-0.2, 0) is 0 Å². The van der Waals surface area contributed by atoms with Crippen LogP contribution in [0.15, 0.2) is 0 Å². The summed E-state index contributed by atoms with van der Waals surface area (Å²) in [7, 11) is 0. The highest BCUT2D eigenvalue weighted by Gasteiger charge is 2.22. The van der Waals surface area contributed by atoms with Gasteiger partial charge < -0.3 is 0 Å². The van der Waals surface area contributed by atoms with Crippen molar-refractivity contribution < 1.29 is 0 Å². The molecule has 0 bridgehead atoms. The lowest BCUT2D eigenvalue weighted by atomic mass is 10.3. The fraction of sp³-hybridized carbons (Fsp3) is 0.600. The van der Waals surface area contributed by atoms with Crippen molar-refractivity contribution in [3.63, 3.8) is 0 Å². The number of nitriles is 2. The Labute approximate surface area is 84.6 Å². The van der Waals surface area contributed by atoms with Gasteiger partial charge in [0.1, 0.15) is 9.65 Å². The maximum Gasteiger partial charge on any atom is 0.116 e. The molecule has 0 heterocycles. The fourth-order valence-corrected chi connectivity index (χ4v) is 1.55. The first-order chi connectivity index (χ1) is 4.63. The molecule has 0 fully saturated rings. The van der Waals surface area contributed by atoms with Gasteiger partial charge in [0, 0.05) is 0 Å². The molecule has 0 aromatic rings. The van der Waals surface area contributed by atoms with Gasteiger partial charge in [-0.05, 0) is 0 Å². The van der Waals surface area contributed by atoms with Crippen LogP contribution < -0.4 is 0 Å². The molecule has 0 aromatic heterocycles. The van der Waals surface area contributed by atoms with Gasteiger partial charge in [-0.1, -0.05) is 47.8 Å². The summed E-state index contributed by atoms with van der Waals surface area (Å²) in [5, 5.41) is 16.8. The number of nitrogens with zero attached hydrogens (tertiary/aromatic N) is 2. The van der Waals surface area contributed by atoms with Crippen molar-refractivity contribution >= 4 is 47.8 Å². The van der Waals surface area contributed by atoms with Gasteiger partial charge in [-0.3, -0.25) is 0 Å². The van der Waals surface area contributed by atoms with E-state index in [0.29, 0.717) is 0 Å². The van der Waals surface area contributed by atoms with Gasteiger partial charge >= 0.3 is 0 Å². The number of rotatable bonds is 2. The first kappa shape index (κ1) is 10.4. The third-order valence-corrected chi connectivity index (χ3v) is 4.83. The first-order valence-electron chi connectivity index (χ1n) is 2.35. The highest BCUT2D eigenvalue weighted by atomic mass is 79.9. The highest BCUT2D eigenvalue weighted by molar-refractivity contribution is 9.13. The molecule has 2 nitrogen and oxygen atoms in total. The molecule has 0 radical (unpaired) electrons. The molecule has 0 saturated heterocycles. The summed E-state index contributed by atoms with van der Waals surface area (Å²) in [4.78, 5) is -0.851. The van der Waals surface area contributed by atoms with Crippen LogP contribution in [0.2, 0.25) is 0 Å². The van der Waals surface area contributed by atoms with E-state index in [1.165, 1.54) is 0 Å². The lowest BCUT2D eigenvalue weighted by molar-refractivity contribution is 0.975. The molecule has 0 rings (SSSR count). The van der Waals surface area contributed by atoms with Crippen molar-refractivity contribution in [3.8, 4) is 12.1 Å². The van der Waals surface area contributed by atoms with Crippen molar-refractivity contribution in [2.75, 3.05) is 0 Å². The second-order valence-corrected chi connectivity index (χ2v) is 4.54. The second-order valence-electron chi connectivity index (χ2n) is 1.51. The predicted molar refractivity (Wildman–Crippen MR) is 49.4 cm³/mol. The van der Waals surface area contributed by atoms with Crippen LogP contribution in [0.4, 0.5) is 0 Å². The quantitative estimate of drug-likeness (QED) is 0.730. The Bertz CT molecular complexity index is 160. The Morgan fingerprint density at radius 2 is 1.20 bits per heavy atom. The molecule has 0 aliphatic rings. The summed E-state index contributed by atoms with van der Waals surface area (Å²) in [6, 6.07) is 3.94. The number of hydrogen-bond acceptors (Lipinski definition) is 2. The SMILES string of the molecule is N#CC(Br)C(Br)C(Br)C#N. The van der Waals surface area contributed by atoms with Crippen LogP contribution >= 0.6 is 47.8 Å². The van der Waals surface area contributed by atoms with E-state index in [1.807, 2.05) is 12.1 Å². The van der Waals surface area contributed by atoms with Crippen LogP contribution in [0.5, 0.6) is 0 Å². The van der Waals surface area contributed by atoms with Gasteiger partial charge in [-0.25, -0.2) is 0 Å². The van der Waals surface area contributed by atoms with Crippen LogP contribution in [-0.4, -0.2) is 14.5 Å². The molecular formula is C5H3Br3N2. The third-order valence-electron chi connectivity index (χ3n) is 0.806. The van der Waals surface area contributed by atoms with Crippen LogP contribution in [0.1, 0.15) is 0 Å². The van der Waals surface area contributed by atoms with Gasteiger partial charge in [-0.2, -0.15) is 10.5 Å². The molecule has 0 spiro atoms. The minimum absolute atomic E-state index is 0.178. The molecule has 5 heteroatoms. The Morgan fingerprint density at radius 3 is 1.40 bits per heavy atom. The molecule has 54 valence electrons. The smallest absolute Gasteiger partial charge is 0.116 e. The molecule has 0 amide bonds. The summed E-state index contributed by atoms with van der Waals surface area (Å²) in [6.45, 7) is 0. The van der Waals surface area contributed by atoms with E-state index < -0.39 is 0 Å². The van der Waals surface area contributed by atoms with Gasteiger partial charge in [0.05, 0.1) is 17.0 Å². The minimum atomic E-state index is -0.337. The van der Waals surface area contributed by atoms with E-state index in [1.54, 1.807) is 0 Å². The van der Waals surface area contributed by atoms with E-state index in [4.69, 9.17) is 10.5 Å². The zero-order valence-electron chi connectivity index (χ0n) is 4.76. The number of alkyl halides is 3. The number of halogens is 3. The van der Waals surface area contributed by atoms with Crippen molar-refractivity contribution in [1.29, 1.82) is 10.5 Å². The summed E-state index contributed by atoms with van der Waals surface area (Å²) in [5.41, 5.74) is 0. The van der Waals surface area contributed by atoms with Crippen LogP contribution in [0, 0.1) is 22.7 Å². The Morgan fingerprint density at radius 1 is 0.900 bits per heavy atom. The fourth-order valence-electron chi connectivity index (χ4n) is 0.291. The summed E-state index contributed by atoms with van der Waals surface area (Å²) >= 11 is 9.38. The molecule has 10 heavy (non-hydrogen) atoms. The summed E-state index contributed by atoms with van der Waals surface area (Å²) in [6.07, 6.45) is 0. The van der Waals surface area contributed by atoms with Crippen molar-refractivity contribution in [2.24, 2.45) is 0 Å². The van der Waals surface area contributed by atoms with Crippen LogP contribution in [0.25, 0.3) is 0 Å². The van der Waals surface area contributed by atoms with Gasteiger partial charge in [0.2, 0.25) is 0 Å². The topological polar surface area (TPSA) is 47.6 Å². The molecule has 2 atom stereocenters. The largest absolute Gasteiger partial charge is 0.197 e. The first-order valence-corrected chi connectivity index (χ1v) is 5.09. The minimum Gasteiger partial charge on any atom is -0.197 e. The Hall–Kier alpha value is 0.420. The van der Waals surface area contributed by atoms with E-state index in [0.717, 1.165) is 0 Å². The average molecular weight is 331 g/mol. The average Bonchev–Trinajstić information content (AvgIpc) is 2.00. The molecular weight excluding hydrogens is 328 g/mol. The maximum atomic E-state index is 8.39. The lowest BCUT2D eigenvalue weighted by Crippen LogP contribution is -2.21. The van der Waals surface area contributed by atoms with Gasteiger partial charge in [0.15, 0.2) is 0 Å². The summed E-state index contributed by atoms with van der Waals surface area (Å²) < 4.78 is 0. The van der Waals surface area contributed by atoms with Crippen molar-refractivity contribution in [1.82, 2.24) is 0 Å². The van der Waals surface area contributed by atoms with Crippen molar-refractivity contribution in [3.05, 3.63) is 0 Å². The van der Waals surface area contributed by atoms with Crippen LogP contribution in [0.3, 0.4) is 0 Å². The van der Waals surface area contributed by atoms with E-state index >= 15 is 0 Å². The zero-order valence-corrected chi connectivity index (χ0v) is 9.52. The van der Waals surface area contributed by atoms with E-state index in [2.05, 4.69) is 47.8 Å². The highest BCUT2D eigenvalue weighted by Crippen LogP contribution is 2.21. The predicted octanol–water partition coefficient (Wildman–Crippen LogP) is 2.32. The Kier molecular flexibility index (Phi) is 5.34. The monoisotopic (exact) mass is 328 g/mol. The van der Waals surface area contributed by atoms with Gasteiger partial charge in [0.25, 0.3) is 0 Å². The molecule has 2 unspecified atom stereocenters. The van der Waals surface area contributed by atoms with Gasteiger partial charge in [-0.15, -0.1) is 0 Å². The molecule has 0 saturated carbocycles. The maximum absolute atomic E-state index is 8.39. The molecule has 0 aliphatic carbocycles. The lowest BCUT2D eigenvalue weighted by Gasteiger charge is -2.09. The van der Waals surface area contributed by atoms with E-state index in [9.17, 15) is 0 Å². The zero-order chi connectivity index (χ0) is 8.15. The molecule has 0 aliphatic heterocycles. The Balaban J connectivity index is 4.00. The van der Waals surface area contributed by atoms with E-state index in [-0.39, 0.29) is 14.5 Å². The third kappa shape index (κ3) is 3.01. The standard InChI is InChI=1S/C5H3Br3N2/c6-3(1-9)5(8)4(7)2-10/h3-5H. The molecule has 0 N–H and O–H groups in total. The second kappa shape index (κ2) is 5.12.